The van der Waals surface area contributed by atoms with Gasteiger partial charge in [-0.25, -0.2) is 4.79 Å². The molecule has 0 amide bonds. The predicted molar refractivity (Wildman–Crippen MR) is 93.7 cm³/mol. The van der Waals surface area contributed by atoms with Gasteiger partial charge in [-0.15, -0.1) is 0 Å². The van der Waals surface area contributed by atoms with Gasteiger partial charge in [0.05, 0.1) is 11.8 Å². The fraction of sp³-hybridized carbons (Fsp3) is 0.368. The Labute approximate surface area is 159 Å². The minimum Gasteiger partial charge on any atom is -0.465 e. The summed E-state index contributed by atoms with van der Waals surface area (Å²) in [6.07, 6.45) is -6.31. The lowest BCUT2D eigenvalue weighted by Crippen LogP contribution is -2.60. The number of ether oxygens (including phenoxy) is 3. The fourth-order valence-corrected chi connectivity index (χ4v) is 2.72. The molecule has 28 heavy (non-hydrogen) atoms. The molecule has 1 saturated heterocycles. The third-order valence-corrected chi connectivity index (χ3v) is 4.30. The Morgan fingerprint density at radius 2 is 1.79 bits per heavy atom. The quantitative estimate of drug-likeness (QED) is 0.600. The van der Waals surface area contributed by atoms with E-state index < -0.39 is 48.7 Å². The summed E-state index contributed by atoms with van der Waals surface area (Å²) in [5, 5.41) is 30.3. The van der Waals surface area contributed by atoms with E-state index in [0.29, 0.717) is 5.56 Å². The Morgan fingerprint density at radius 3 is 2.46 bits per heavy atom. The number of aryl methyl sites for hydroxylation is 1. The number of carbonyl (C=O) groups excluding carboxylic acids is 1. The molecule has 150 valence electrons. The van der Waals surface area contributed by atoms with E-state index in [0.717, 1.165) is 6.07 Å². The smallest absolute Gasteiger partial charge is 0.338 e. The zero-order chi connectivity index (χ0) is 20.3. The third kappa shape index (κ3) is 4.23. The van der Waals surface area contributed by atoms with Crippen molar-refractivity contribution in [3.8, 4) is 5.75 Å². The van der Waals surface area contributed by atoms with Crippen molar-refractivity contribution in [3.05, 3.63) is 64.2 Å². The van der Waals surface area contributed by atoms with E-state index in [2.05, 4.69) is 0 Å². The van der Waals surface area contributed by atoms with E-state index in [1.807, 2.05) is 0 Å². The van der Waals surface area contributed by atoms with E-state index >= 15 is 0 Å². The van der Waals surface area contributed by atoms with Gasteiger partial charge in [0.25, 0.3) is 0 Å². The first-order chi connectivity index (χ1) is 13.4. The lowest BCUT2D eigenvalue weighted by Gasteiger charge is -2.39. The average Bonchev–Trinajstić information content (AvgIpc) is 2.70. The molecule has 0 aliphatic carbocycles. The second-order valence-electron chi connectivity index (χ2n) is 6.27. The Hall–Kier alpha value is -2.72. The summed E-state index contributed by atoms with van der Waals surface area (Å²) >= 11 is 0. The van der Waals surface area contributed by atoms with Crippen LogP contribution >= 0.6 is 0 Å². The molecule has 5 atom stereocenters. The van der Waals surface area contributed by atoms with Gasteiger partial charge in [0.1, 0.15) is 36.8 Å². The highest BCUT2D eigenvalue weighted by Gasteiger charge is 2.45. The van der Waals surface area contributed by atoms with Crippen LogP contribution in [0.2, 0.25) is 0 Å². The third-order valence-electron chi connectivity index (χ3n) is 4.30. The Balaban J connectivity index is 1.70. The van der Waals surface area contributed by atoms with Crippen LogP contribution in [-0.2, 0) is 9.47 Å². The van der Waals surface area contributed by atoms with Gasteiger partial charge in [0.2, 0.25) is 17.5 Å². The summed E-state index contributed by atoms with van der Waals surface area (Å²) in [6, 6.07) is 9.32. The van der Waals surface area contributed by atoms with Crippen LogP contribution in [0.25, 0.3) is 0 Å². The summed E-state index contributed by atoms with van der Waals surface area (Å²) < 4.78 is 21.0. The lowest BCUT2D eigenvalue weighted by molar-refractivity contribution is -0.277. The highest BCUT2D eigenvalue weighted by Crippen LogP contribution is 2.25. The summed E-state index contributed by atoms with van der Waals surface area (Å²) in [6.45, 7) is 1.08. The van der Waals surface area contributed by atoms with Crippen LogP contribution in [0, 0.1) is 6.92 Å². The Kier molecular flexibility index (Phi) is 6.10. The van der Waals surface area contributed by atoms with Gasteiger partial charge in [-0.3, -0.25) is 4.79 Å². The summed E-state index contributed by atoms with van der Waals surface area (Å²) in [4.78, 5) is 24.0. The molecule has 5 unspecified atom stereocenters. The largest absolute Gasteiger partial charge is 0.465 e. The zero-order valence-electron chi connectivity index (χ0n) is 14.9. The molecule has 1 aliphatic rings. The number of hydrogen-bond acceptors (Lipinski definition) is 9. The van der Waals surface area contributed by atoms with E-state index in [1.54, 1.807) is 30.3 Å². The maximum atomic E-state index is 12.0. The number of carbonyl (C=O) groups is 1. The SMILES string of the molecule is Cc1occc(=O)c1OC1OC(COC(=O)c2ccccc2)C(O)C(O)C1O. The molecule has 9 nitrogen and oxygen atoms in total. The van der Waals surface area contributed by atoms with Crippen molar-refractivity contribution < 1.29 is 38.7 Å². The molecule has 2 heterocycles. The van der Waals surface area contributed by atoms with Crippen LogP contribution in [-0.4, -0.2) is 58.6 Å². The number of aliphatic hydroxyl groups excluding tert-OH is 3. The number of esters is 1. The Morgan fingerprint density at radius 1 is 1.07 bits per heavy atom. The van der Waals surface area contributed by atoms with Gasteiger partial charge < -0.3 is 33.9 Å². The van der Waals surface area contributed by atoms with E-state index in [-0.39, 0.29) is 11.5 Å². The number of hydrogen-bond donors (Lipinski definition) is 3. The first kappa shape index (κ1) is 20.0. The van der Waals surface area contributed by atoms with Crippen LogP contribution in [0.3, 0.4) is 0 Å². The number of aliphatic hydroxyl groups is 3. The molecular formula is C19H20O9. The van der Waals surface area contributed by atoms with Crippen molar-refractivity contribution in [3.63, 3.8) is 0 Å². The van der Waals surface area contributed by atoms with Gasteiger partial charge in [-0.1, -0.05) is 18.2 Å². The standard InChI is InChI=1S/C19H20O9/c1-10-17(12(20)7-8-25-10)28-19-16(23)15(22)14(21)13(27-19)9-26-18(24)11-5-3-2-4-6-11/h2-8,13-16,19,21-23H,9H2,1H3. The second-order valence-corrected chi connectivity index (χ2v) is 6.27. The maximum absolute atomic E-state index is 12.0. The molecule has 0 bridgehead atoms. The maximum Gasteiger partial charge on any atom is 0.338 e. The summed E-state index contributed by atoms with van der Waals surface area (Å²) in [5.74, 6) is -0.694. The molecule has 3 N–H and O–H groups in total. The van der Waals surface area contributed by atoms with Crippen molar-refractivity contribution in [2.75, 3.05) is 6.61 Å². The molecule has 0 radical (unpaired) electrons. The monoisotopic (exact) mass is 392 g/mol. The summed E-state index contributed by atoms with van der Waals surface area (Å²) in [5.41, 5.74) is -0.203. The minimum absolute atomic E-state index is 0.149. The van der Waals surface area contributed by atoms with E-state index in [9.17, 15) is 24.9 Å². The van der Waals surface area contributed by atoms with Crippen molar-refractivity contribution >= 4 is 5.97 Å². The van der Waals surface area contributed by atoms with E-state index in [4.69, 9.17) is 18.6 Å². The lowest BCUT2D eigenvalue weighted by atomic mass is 9.99. The molecule has 1 aromatic heterocycles. The predicted octanol–water partition coefficient (Wildman–Crippen LogP) is -0.00838. The zero-order valence-corrected chi connectivity index (χ0v) is 14.9. The minimum atomic E-state index is -1.64. The molecule has 1 fully saturated rings. The molecule has 3 rings (SSSR count). The normalized spacial score (nSPS) is 27.2. The molecule has 0 saturated carbocycles. The average molecular weight is 392 g/mol. The molecule has 1 aliphatic heterocycles. The van der Waals surface area contributed by atoms with Crippen LogP contribution in [0.4, 0.5) is 0 Å². The van der Waals surface area contributed by atoms with Gasteiger partial charge in [-0.05, 0) is 19.1 Å². The van der Waals surface area contributed by atoms with Crippen molar-refractivity contribution in [2.24, 2.45) is 0 Å². The van der Waals surface area contributed by atoms with E-state index in [1.165, 1.54) is 13.2 Å². The van der Waals surface area contributed by atoms with Gasteiger partial charge in [0.15, 0.2) is 0 Å². The molecule has 1 aromatic carbocycles. The number of rotatable bonds is 5. The highest BCUT2D eigenvalue weighted by molar-refractivity contribution is 5.89. The molecule has 2 aromatic rings. The second kappa shape index (κ2) is 8.53. The molecular weight excluding hydrogens is 372 g/mol. The van der Waals surface area contributed by atoms with Crippen LogP contribution < -0.4 is 10.2 Å². The number of benzene rings is 1. The molecule has 9 heteroatoms. The van der Waals surface area contributed by atoms with Gasteiger partial charge in [0, 0.05) is 6.07 Å². The van der Waals surface area contributed by atoms with Crippen LogP contribution in [0.1, 0.15) is 16.1 Å². The van der Waals surface area contributed by atoms with Crippen molar-refractivity contribution in [1.29, 1.82) is 0 Å². The first-order valence-corrected chi connectivity index (χ1v) is 8.55. The van der Waals surface area contributed by atoms with Gasteiger partial charge in [-0.2, -0.15) is 0 Å². The highest BCUT2D eigenvalue weighted by atomic mass is 16.7. The fourth-order valence-electron chi connectivity index (χ4n) is 2.72. The van der Waals surface area contributed by atoms with Crippen LogP contribution in [0.5, 0.6) is 5.75 Å². The topological polar surface area (TPSA) is 136 Å². The van der Waals surface area contributed by atoms with Crippen molar-refractivity contribution in [1.82, 2.24) is 0 Å². The Bertz CT molecular complexity index is 863. The summed E-state index contributed by atoms with van der Waals surface area (Å²) in [7, 11) is 0. The first-order valence-electron chi connectivity index (χ1n) is 8.55. The van der Waals surface area contributed by atoms with Crippen molar-refractivity contribution in [2.45, 2.75) is 37.6 Å². The van der Waals surface area contributed by atoms with Gasteiger partial charge >= 0.3 is 5.97 Å². The molecule has 0 spiro atoms. The van der Waals surface area contributed by atoms with Crippen LogP contribution in [0.15, 0.2) is 51.9 Å².